The molecule has 1 rings (SSSR count). The molecule has 0 aliphatic carbocycles. The standard InChI is InChI=1S/C17H27NO3/c1-11(2)15-7-6-14(10-13(15)5)21-9-8-16(17(19)20)18-12(3)4/h6-7,10-12,16,18H,8-9H2,1-5H3,(H,19,20). The van der Waals surface area contributed by atoms with Gasteiger partial charge in [0.25, 0.3) is 0 Å². The lowest BCUT2D eigenvalue weighted by molar-refractivity contribution is -0.140. The van der Waals surface area contributed by atoms with Crippen LogP contribution in [0, 0.1) is 6.92 Å². The molecule has 0 heterocycles. The van der Waals surface area contributed by atoms with E-state index in [2.05, 4.69) is 32.2 Å². The Hall–Kier alpha value is -1.55. The lowest BCUT2D eigenvalue weighted by atomic mass is 9.98. The summed E-state index contributed by atoms with van der Waals surface area (Å²) in [6.45, 7) is 10.7. The normalized spacial score (nSPS) is 12.7. The first-order valence-corrected chi connectivity index (χ1v) is 7.53. The minimum atomic E-state index is -0.835. The molecule has 4 heteroatoms. The molecule has 2 N–H and O–H groups in total. The zero-order valence-corrected chi connectivity index (χ0v) is 13.6. The minimum Gasteiger partial charge on any atom is -0.494 e. The topological polar surface area (TPSA) is 58.6 Å². The van der Waals surface area contributed by atoms with Gasteiger partial charge < -0.3 is 15.2 Å². The highest BCUT2D eigenvalue weighted by atomic mass is 16.5. The SMILES string of the molecule is Cc1cc(OCCC(NC(C)C)C(=O)O)ccc1C(C)C. The predicted molar refractivity (Wildman–Crippen MR) is 85.1 cm³/mol. The molecule has 0 aliphatic heterocycles. The first-order chi connectivity index (χ1) is 9.81. The second-order valence-corrected chi connectivity index (χ2v) is 6.02. The van der Waals surface area contributed by atoms with Crippen molar-refractivity contribution in [3.05, 3.63) is 29.3 Å². The Labute approximate surface area is 127 Å². The summed E-state index contributed by atoms with van der Waals surface area (Å²) in [5.74, 6) is 0.454. The molecular formula is C17H27NO3. The van der Waals surface area contributed by atoms with Gasteiger partial charge in [0.1, 0.15) is 11.8 Å². The smallest absolute Gasteiger partial charge is 0.320 e. The summed E-state index contributed by atoms with van der Waals surface area (Å²) < 4.78 is 5.68. The van der Waals surface area contributed by atoms with Gasteiger partial charge in [0.05, 0.1) is 6.61 Å². The van der Waals surface area contributed by atoms with E-state index in [1.165, 1.54) is 11.1 Å². The molecule has 0 fully saturated rings. The third kappa shape index (κ3) is 5.76. The summed E-state index contributed by atoms with van der Waals surface area (Å²) in [5, 5.41) is 12.2. The van der Waals surface area contributed by atoms with Crippen LogP contribution in [-0.4, -0.2) is 29.8 Å². The number of carboxylic acid groups (broad SMARTS) is 1. The van der Waals surface area contributed by atoms with E-state index < -0.39 is 12.0 Å². The van der Waals surface area contributed by atoms with Gasteiger partial charge in [-0.15, -0.1) is 0 Å². The lowest BCUT2D eigenvalue weighted by Crippen LogP contribution is -2.41. The van der Waals surface area contributed by atoms with E-state index in [9.17, 15) is 4.79 Å². The fraction of sp³-hybridized carbons (Fsp3) is 0.588. The van der Waals surface area contributed by atoms with E-state index in [1.807, 2.05) is 26.0 Å². The molecule has 0 bridgehead atoms. The third-order valence-corrected chi connectivity index (χ3v) is 3.37. The molecule has 118 valence electrons. The van der Waals surface area contributed by atoms with Crippen molar-refractivity contribution < 1.29 is 14.6 Å². The molecule has 1 aromatic carbocycles. The Bertz CT molecular complexity index is 469. The highest BCUT2D eigenvalue weighted by Gasteiger charge is 2.17. The predicted octanol–water partition coefficient (Wildman–Crippen LogP) is 3.34. The van der Waals surface area contributed by atoms with Crippen molar-refractivity contribution in [2.75, 3.05) is 6.61 Å². The minimum absolute atomic E-state index is 0.138. The van der Waals surface area contributed by atoms with Gasteiger partial charge in [-0.05, 0) is 36.1 Å². The van der Waals surface area contributed by atoms with Crippen LogP contribution >= 0.6 is 0 Å². The summed E-state index contributed by atoms with van der Waals surface area (Å²) in [6, 6.07) is 5.62. The molecule has 0 saturated carbocycles. The molecule has 1 atom stereocenters. The fourth-order valence-corrected chi connectivity index (χ4v) is 2.36. The first-order valence-electron chi connectivity index (χ1n) is 7.53. The number of benzene rings is 1. The summed E-state index contributed by atoms with van der Waals surface area (Å²) in [7, 11) is 0. The fourth-order valence-electron chi connectivity index (χ4n) is 2.36. The Morgan fingerprint density at radius 1 is 1.29 bits per heavy atom. The Morgan fingerprint density at radius 2 is 1.95 bits per heavy atom. The molecular weight excluding hydrogens is 266 g/mol. The van der Waals surface area contributed by atoms with E-state index in [0.717, 1.165) is 5.75 Å². The van der Waals surface area contributed by atoms with Crippen LogP contribution in [0.15, 0.2) is 18.2 Å². The third-order valence-electron chi connectivity index (χ3n) is 3.37. The zero-order chi connectivity index (χ0) is 16.0. The lowest BCUT2D eigenvalue weighted by Gasteiger charge is -2.18. The average Bonchev–Trinajstić information content (AvgIpc) is 2.36. The van der Waals surface area contributed by atoms with Crippen molar-refractivity contribution in [2.45, 2.75) is 59.0 Å². The van der Waals surface area contributed by atoms with E-state index in [0.29, 0.717) is 18.9 Å². The number of carboxylic acids is 1. The quantitative estimate of drug-likeness (QED) is 0.772. The molecule has 0 aromatic heterocycles. The number of aliphatic carboxylic acids is 1. The van der Waals surface area contributed by atoms with Crippen LogP contribution in [0.2, 0.25) is 0 Å². The van der Waals surface area contributed by atoms with Gasteiger partial charge in [0.15, 0.2) is 0 Å². The average molecular weight is 293 g/mol. The molecule has 1 aromatic rings. The van der Waals surface area contributed by atoms with E-state index >= 15 is 0 Å². The monoisotopic (exact) mass is 293 g/mol. The highest BCUT2D eigenvalue weighted by molar-refractivity contribution is 5.73. The Kier molecular flexibility index (Phi) is 6.69. The molecule has 0 radical (unpaired) electrons. The number of ether oxygens (including phenoxy) is 1. The maximum atomic E-state index is 11.1. The van der Waals surface area contributed by atoms with Crippen molar-refractivity contribution in [1.82, 2.24) is 5.32 Å². The molecule has 0 amide bonds. The van der Waals surface area contributed by atoms with Crippen molar-refractivity contribution in [3.8, 4) is 5.75 Å². The molecule has 1 unspecified atom stereocenters. The van der Waals surface area contributed by atoms with Gasteiger partial charge in [-0.2, -0.15) is 0 Å². The van der Waals surface area contributed by atoms with Crippen LogP contribution in [0.1, 0.15) is 51.2 Å². The van der Waals surface area contributed by atoms with Crippen molar-refractivity contribution in [3.63, 3.8) is 0 Å². The van der Waals surface area contributed by atoms with Crippen molar-refractivity contribution in [1.29, 1.82) is 0 Å². The summed E-state index contributed by atoms with van der Waals surface area (Å²) in [6.07, 6.45) is 0.443. The number of aryl methyl sites for hydroxylation is 1. The van der Waals surface area contributed by atoms with Gasteiger partial charge in [0.2, 0.25) is 0 Å². The molecule has 4 nitrogen and oxygen atoms in total. The van der Waals surface area contributed by atoms with Crippen LogP contribution in [0.3, 0.4) is 0 Å². The number of hydrogen-bond donors (Lipinski definition) is 2. The van der Waals surface area contributed by atoms with Crippen LogP contribution < -0.4 is 10.1 Å². The largest absolute Gasteiger partial charge is 0.494 e. The molecule has 21 heavy (non-hydrogen) atoms. The number of carbonyl (C=O) groups is 1. The second kappa shape index (κ2) is 8.03. The van der Waals surface area contributed by atoms with Gasteiger partial charge in [-0.25, -0.2) is 0 Å². The van der Waals surface area contributed by atoms with Gasteiger partial charge in [-0.1, -0.05) is 33.8 Å². The molecule has 0 aliphatic rings. The maximum Gasteiger partial charge on any atom is 0.320 e. The number of rotatable bonds is 8. The molecule has 0 spiro atoms. The maximum absolute atomic E-state index is 11.1. The van der Waals surface area contributed by atoms with Crippen molar-refractivity contribution >= 4 is 5.97 Å². The summed E-state index contributed by atoms with van der Waals surface area (Å²) >= 11 is 0. The van der Waals surface area contributed by atoms with Crippen LogP contribution in [0.4, 0.5) is 0 Å². The van der Waals surface area contributed by atoms with E-state index in [1.54, 1.807) is 0 Å². The van der Waals surface area contributed by atoms with Crippen LogP contribution in [-0.2, 0) is 4.79 Å². The van der Waals surface area contributed by atoms with Gasteiger partial charge in [0, 0.05) is 12.5 Å². The first kappa shape index (κ1) is 17.5. The van der Waals surface area contributed by atoms with Gasteiger partial charge >= 0.3 is 5.97 Å². The van der Waals surface area contributed by atoms with E-state index in [4.69, 9.17) is 9.84 Å². The van der Waals surface area contributed by atoms with Crippen LogP contribution in [0.25, 0.3) is 0 Å². The molecule has 0 saturated heterocycles. The van der Waals surface area contributed by atoms with E-state index in [-0.39, 0.29) is 6.04 Å². The number of hydrogen-bond acceptors (Lipinski definition) is 3. The second-order valence-electron chi connectivity index (χ2n) is 6.02. The highest BCUT2D eigenvalue weighted by Crippen LogP contribution is 2.23. The Balaban J connectivity index is 2.55. The summed E-state index contributed by atoms with van der Waals surface area (Å²) in [4.78, 5) is 11.1. The summed E-state index contributed by atoms with van der Waals surface area (Å²) in [5.41, 5.74) is 2.52. The zero-order valence-electron chi connectivity index (χ0n) is 13.6. The Morgan fingerprint density at radius 3 is 2.43 bits per heavy atom. The van der Waals surface area contributed by atoms with Gasteiger partial charge in [-0.3, -0.25) is 4.79 Å². The number of nitrogens with one attached hydrogen (secondary N) is 1. The van der Waals surface area contributed by atoms with Crippen LogP contribution in [0.5, 0.6) is 5.75 Å². The van der Waals surface area contributed by atoms with Crippen molar-refractivity contribution in [2.24, 2.45) is 0 Å².